The molecular formula is C29H30F6N4O6. The van der Waals surface area contributed by atoms with Crippen LogP contribution < -0.4 is 4.74 Å². The van der Waals surface area contributed by atoms with Crippen molar-refractivity contribution in [1.29, 1.82) is 5.26 Å². The summed E-state index contributed by atoms with van der Waals surface area (Å²) in [6.07, 6.45) is -9.05. The zero-order valence-electron chi connectivity index (χ0n) is 24.3. The third kappa shape index (κ3) is 10.6. The molecule has 1 aliphatic rings. The van der Waals surface area contributed by atoms with Gasteiger partial charge in [-0.2, -0.15) is 31.6 Å². The van der Waals surface area contributed by atoms with Crippen LogP contribution in [0.5, 0.6) is 5.75 Å². The van der Waals surface area contributed by atoms with Crippen molar-refractivity contribution in [3.63, 3.8) is 0 Å². The molecule has 0 N–H and O–H groups in total. The Hall–Kier alpha value is -4.36. The van der Waals surface area contributed by atoms with Crippen molar-refractivity contribution in [2.45, 2.75) is 58.0 Å². The SMILES string of the molecule is C=C(/C=C\C(=C(/C)COc1cccc(-c2nn(C(C)OC(=O)OCCOC3CCCCO3)nc2C#N)c1)C(F)(F)F)C(F)(F)F. The van der Waals surface area contributed by atoms with Crippen molar-refractivity contribution in [2.75, 3.05) is 26.4 Å². The Morgan fingerprint density at radius 1 is 1.18 bits per heavy atom. The smallest absolute Gasteiger partial charge is 0.489 e. The van der Waals surface area contributed by atoms with Crippen molar-refractivity contribution in [3.8, 4) is 23.1 Å². The van der Waals surface area contributed by atoms with Crippen LogP contribution in [-0.4, -0.2) is 66.2 Å². The summed E-state index contributed by atoms with van der Waals surface area (Å²) in [6, 6.07) is 7.69. The van der Waals surface area contributed by atoms with Crippen LogP contribution in [0, 0.1) is 11.3 Å². The quantitative estimate of drug-likeness (QED) is 0.105. The Morgan fingerprint density at radius 2 is 1.93 bits per heavy atom. The van der Waals surface area contributed by atoms with Gasteiger partial charge in [-0.3, -0.25) is 0 Å². The number of aromatic nitrogens is 3. The van der Waals surface area contributed by atoms with Gasteiger partial charge in [0.05, 0.1) is 12.2 Å². The van der Waals surface area contributed by atoms with Crippen LogP contribution >= 0.6 is 0 Å². The van der Waals surface area contributed by atoms with Crippen LogP contribution in [0.15, 0.2) is 59.7 Å². The molecule has 0 saturated carbocycles. The number of rotatable bonds is 12. The molecule has 2 aromatic rings. The lowest BCUT2D eigenvalue weighted by molar-refractivity contribution is -0.168. The number of ether oxygens (including phenoxy) is 5. The lowest BCUT2D eigenvalue weighted by Crippen LogP contribution is -2.25. The molecule has 1 aromatic carbocycles. The minimum atomic E-state index is -4.96. The molecule has 0 radical (unpaired) electrons. The molecule has 10 nitrogen and oxygen atoms in total. The molecule has 1 aliphatic heterocycles. The third-order valence-electron chi connectivity index (χ3n) is 6.22. The van der Waals surface area contributed by atoms with Crippen molar-refractivity contribution in [1.82, 2.24) is 15.0 Å². The summed E-state index contributed by atoms with van der Waals surface area (Å²) in [4.78, 5) is 13.1. The van der Waals surface area contributed by atoms with Gasteiger partial charge < -0.3 is 23.7 Å². The molecule has 244 valence electrons. The van der Waals surface area contributed by atoms with Gasteiger partial charge in [0.15, 0.2) is 12.0 Å². The van der Waals surface area contributed by atoms with Gasteiger partial charge in [0.25, 0.3) is 0 Å². The second-order valence-corrected chi connectivity index (χ2v) is 9.68. The number of nitrogens with zero attached hydrogens (tertiary/aromatic N) is 4. The zero-order chi connectivity index (χ0) is 33.2. The average molecular weight is 645 g/mol. The van der Waals surface area contributed by atoms with Gasteiger partial charge in [-0.05, 0) is 56.9 Å². The average Bonchev–Trinajstić information content (AvgIpc) is 3.43. The van der Waals surface area contributed by atoms with Crippen LogP contribution in [-0.2, 0) is 18.9 Å². The standard InChI is InChI=1S/C29H30F6N4O6/c1-18(23(29(33,34)35)11-10-19(2)28(30,31)32)17-44-22-8-6-7-21(15-22)26-24(16-36)37-39(38-26)20(3)45-27(40)43-14-13-42-25-9-4-5-12-41-25/h6-8,10-11,15,20,25H,2,4-5,9,12-14,17H2,1,3H3/b11-10-,23-18-. The summed E-state index contributed by atoms with van der Waals surface area (Å²) in [6.45, 7) is 5.24. The highest BCUT2D eigenvalue weighted by molar-refractivity contribution is 5.65. The third-order valence-corrected chi connectivity index (χ3v) is 6.22. The maximum Gasteiger partial charge on any atom is 0.510 e. The first-order valence-corrected chi connectivity index (χ1v) is 13.6. The Labute approximate surface area is 254 Å². The van der Waals surface area contributed by atoms with E-state index in [1.54, 1.807) is 0 Å². The van der Waals surface area contributed by atoms with E-state index in [1.807, 2.05) is 6.07 Å². The molecule has 0 amide bonds. The predicted octanol–water partition coefficient (Wildman–Crippen LogP) is 6.96. The molecular weight excluding hydrogens is 614 g/mol. The fraction of sp³-hybridized carbons (Fsp3) is 0.448. The summed E-state index contributed by atoms with van der Waals surface area (Å²) >= 11 is 0. The highest BCUT2D eigenvalue weighted by Crippen LogP contribution is 2.32. The molecule has 2 atom stereocenters. The summed E-state index contributed by atoms with van der Waals surface area (Å²) in [5.41, 5.74) is -2.96. The minimum absolute atomic E-state index is 0.0597. The number of carbonyl (C=O) groups excluding carboxylic acids is 1. The van der Waals surface area contributed by atoms with Crippen LogP contribution in [0.4, 0.5) is 31.1 Å². The molecule has 3 rings (SSSR count). The molecule has 0 spiro atoms. The van der Waals surface area contributed by atoms with E-state index < -0.39 is 48.1 Å². The van der Waals surface area contributed by atoms with Crippen molar-refractivity contribution in [2.24, 2.45) is 0 Å². The number of hydrogen-bond acceptors (Lipinski definition) is 9. The monoisotopic (exact) mass is 644 g/mol. The van der Waals surface area contributed by atoms with E-state index in [0.717, 1.165) is 31.0 Å². The predicted molar refractivity (Wildman–Crippen MR) is 145 cm³/mol. The molecule has 1 fully saturated rings. The van der Waals surface area contributed by atoms with Crippen molar-refractivity contribution >= 4 is 6.16 Å². The fourth-order valence-corrected chi connectivity index (χ4v) is 3.88. The van der Waals surface area contributed by atoms with Gasteiger partial charge in [0.2, 0.25) is 6.23 Å². The minimum Gasteiger partial charge on any atom is -0.489 e. The zero-order valence-corrected chi connectivity index (χ0v) is 24.3. The molecule has 1 aromatic heterocycles. The normalized spacial score (nSPS) is 16.9. The molecule has 16 heteroatoms. The van der Waals surface area contributed by atoms with Gasteiger partial charge in [-0.1, -0.05) is 24.8 Å². The first kappa shape index (κ1) is 35.1. The molecule has 0 aliphatic carbocycles. The first-order chi connectivity index (χ1) is 21.2. The summed E-state index contributed by atoms with van der Waals surface area (Å²) in [7, 11) is 0. The topological polar surface area (TPSA) is 118 Å². The first-order valence-electron chi connectivity index (χ1n) is 13.6. The number of carbonyl (C=O) groups is 1. The highest BCUT2D eigenvalue weighted by Gasteiger charge is 2.35. The maximum atomic E-state index is 13.5. The summed E-state index contributed by atoms with van der Waals surface area (Å²) < 4.78 is 105. The number of allylic oxidation sites excluding steroid dienone is 4. The molecule has 2 unspecified atom stereocenters. The van der Waals surface area contributed by atoms with E-state index in [4.69, 9.17) is 23.7 Å². The van der Waals surface area contributed by atoms with Crippen LogP contribution in [0.3, 0.4) is 0 Å². The van der Waals surface area contributed by atoms with Gasteiger partial charge in [-0.15, -0.1) is 15.0 Å². The van der Waals surface area contributed by atoms with Crippen LogP contribution in [0.1, 0.15) is 45.0 Å². The van der Waals surface area contributed by atoms with Crippen LogP contribution in [0.25, 0.3) is 11.3 Å². The van der Waals surface area contributed by atoms with Gasteiger partial charge >= 0.3 is 18.5 Å². The second kappa shape index (κ2) is 15.6. The second-order valence-electron chi connectivity index (χ2n) is 9.68. The van der Waals surface area contributed by atoms with Gasteiger partial charge in [0.1, 0.15) is 30.7 Å². The largest absolute Gasteiger partial charge is 0.510 e. The number of nitriles is 1. The van der Waals surface area contributed by atoms with Gasteiger partial charge in [0, 0.05) is 17.7 Å². The maximum absolute atomic E-state index is 13.5. The van der Waals surface area contributed by atoms with Crippen molar-refractivity contribution in [3.05, 3.63) is 65.4 Å². The van der Waals surface area contributed by atoms with E-state index in [0.29, 0.717) is 18.2 Å². The lowest BCUT2D eigenvalue weighted by Gasteiger charge is -2.22. The number of alkyl halides is 6. The Kier molecular flexibility index (Phi) is 12.2. The Morgan fingerprint density at radius 3 is 2.58 bits per heavy atom. The Bertz CT molecular complexity index is 1440. The highest BCUT2D eigenvalue weighted by atomic mass is 19.4. The van der Waals surface area contributed by atoms with E-state index in [9.17, 15) is 36.4 Å². The van der Waals surface area contributed by atoms with Crippen LogP contribution in [0.2, 0.25) is 0 Å². The Balaban J connectivity index is 1.65. The van der Waals surface area contributed by atoms with E-state index in [2.05, 4.69) is 16.8 Å². The summed E-state index contributed by atoms with van der Waals surface area (Å²) in [5, 5.41) is 17.8. The van der Waals surface area contributed by atoms with E-state index in [-0.39, 0.29) is 42.7 Å². The summed E-state index contributed by atoms with van der Waals surface area (Å²) in [5.74, 6) is 0.0733. The number of benzene rings is 1. The molecule has 0 bridgehead atoms. The number of hydrogen-bond donors (Lipinski definition) is 0. The molecule has 45 heavy (non-hydrogen) atoms. The van der Waals surface area contributed by atoms with E-state index in [1.165, 1.54) is 31.2 Å². The van der Waals surface area contributed by atoms with E-state index >= 15 is 0 Å². The number of halogens is 6. The molecule has 2 heterocycles. The molecule has 1 saturated heterocycles. The van der Waals surface area contributed by atoms with Gasteiger partial charge in [-0.25, -0.2) is 4.79 Å². The fourth-order valence-electron chi connectivity index (χ4n) is 3.88. The van der Waals surface area contributed by atoms with Crippen molar-refractivity contribution < 1.29 is 54.8 Å². The lowest BCUT2D eigenvalue weighted by atomic mass is 10.1.